The lowest BCUT2D eigenvalue weighted by molar-refractivity contribution is -0.924. The van der Waals surface area contributed by atoms with E-state index in [4.69, 9.17) is 0 Å². The Morgan fingerprint density at radius 3 is 2.74 bits per heavy atom. The van der Waals surface area contributed by atoms with Crippen molar-refractivity contribution < 1.29 is 9.29 Å². The Morgan fingerprint density at radius 1 is 1.11 bits per heavy atom. The van der Waals surface area contributed by atoms with Crippen molar-refractivity contribution in [2.24, 2.45) is 5.92 Å². The van der Waals surface area contributed by atoms with E-state index in [1.165, 1.54) is 22.6 Å². The number of piperidine rings is 1. The Bertz CT molecular complexity index is 1010. The quantitative estimate of drug-likeness (QED) is 0.742. The van der Waals surface area contributed by atoms with E-state index in [0.29, 0.717) is 11.8 Å². The first kappa shape index (κ1) is 16.9. The number of halogens is 1. The van der Waals surface area contributed by atoms with E-state index in [1.54, 1.807) is 23.5 Å². The number of quaternary nitrogens is 1. The van der Waals surface area contributed by atoms with Crippen LogP contribution in [0.3, 0.4) is 0 Å². The number of nitrogens with zero attached hydrogens (tertiary/aromatic N) is 1. The molecule has 2 aromatic heterocycles. The van der Waals surface area contributed by atoms with E-state index in [2.05, 4.69) is 6.07 Å². The highest BCUT2D eigenvalue weighted by Crippen LogP contribution is 2.32. The molecular formula is C22H22FN2OS+. The minimum absolute atomic E-state index is 0.159. The molecule has 0 saturated carbocycles. The summed E-state index contributed by atoms with van der Waals surface area (Å²) in [5.74, 6) is 0.778. The Morgan fingerprint density at radius 2 is 1.96 bits per heavy atom. The summed E-state index contributed by atoms with van der Waals surface area (Å²) >= 11 is 1.62. The minimum atomic E-state index is -0.181. The van der Waals surface area contributed by atoms with Gasteiger partial charge in [0.1, 0.15) is 12.4 Å². The average molecular weight is 381 g/mol. The molecule has 5 heteroatoms. The van der Waals surface area contributed by atoms with Gasteiger partial charge >= 0.3 is 0 Å². The van der Waals surface area contributed by atoms with Crippen LogP contribution in [0.5, 0.6) is 0 Å². The molecule has 2 aliphatic rings. The first-order valence-electron chi connectivity index (χ1n) is 9.53. The van der Waals surface area contributed by atoms with Gasteiger partial charge in [-0.05, 0) is 42.1 Å². The van der Waals surface area contributed by atoms with Gasteiger partial charge in [0.2, 0.25) is 0 Å². The highest BCUT2D eigenvalue weighted by Gasteiger charge is 2.37. The number of hydrogen-bond donors (Lipinski definition) is 1. The first-order chi connectivity index (χ1) is 13.2. The smallest absolute Gasteiger partial charge is 0.259 e. The predicted octanol–water partition coefficient (Wildman–Crippen LogP) is 2.92. The van der Waals surface area contributed by atoms with Gasteiger partial charge in [0.15, 0.2) is 0 Å². The summed E-state index contributed by atoms with van der Waals surface area (Å²) in [4.78, 5) is 15.7. The third kappa shape index (κ3) is 3.15. The predicted molar refractivity (Wildman–Crippen MR) is 106 cm³/mol. The van der Waals surface area contributed by atoms with Crippen LogP contribution in [0.1, 0.15) is 23.6 Å². The molecule has 5 rings (SSSR count). The van der Waals surface area contributed by atoms with E-state index in [-0.39, 0.29) is 11.4 Å². The maximum Gasteiger partial charge on any atom is 0.259 e. The van der Waals surface area contributed by atoms with Gasteiger partial charge in [-0.1, -0.05) is 18.2 Å². The maximum atomic E-state index is 13.2. The molecule has 1 fully saturated rings. The van der Waals surface area contributed by atoms with E-state index in [9.17, 15) is 9.18 Å². The van der Waals surface area contributed by atoms with Crippen LogP contribution in [0.2, 0.25) is 0 Å². The van der Waals surface area contributed by atoms with Gasteiger partial charge in [-0.15, -0.1) is 11.3 Å². The topological polar surface area (TPSA) is 26.4 Å². The van der Waals surface area contributed by atoms with Crippen LogP contribution in [-0.2, 0) is 13.1 Å². The van der Waals surface area contributed by atoms with Crippen molar-refractivity contribution in [3.05, 3.63) is 81.3 Å². The molecule has 2 bridgehead atoms. The van der Waals surface area contributed by atoms with Crippen molar-refractivity contribution in [2.75, 3.05) is 13.1 Å². The molecule has 0 spiro atoms. The van der Waals surface area contributed by atoms with Crippen LogP contribution >= 0.6 is 11.3 Å². The van der Waals surface area contributed by atoms with Crippen LogP contribution in [0.4, 0.5) is 4.39 Å². The number of benzene rings is 1. The van der Waals surface area contributed by atoms with Crippen molar-refractivity contribution >= 4 is 11.3 Å². The fourth-order valence-electron chi connectivity index (χ4n) is 4.82. The molecular weight excluding hydrogens is 359 g/mol. The van der Waals surface area contributed by atoms with E-state index in [1.807, 2.05) is 40.3 Å². The van der Waals surface area contributed by atoms with Crippen LogP contribution in [0.25, 0.3) is 10.4 Å². The molecule has 1 saturated heterocycles. The molecule has 0 aliphatic carbocycles. The Hall–Kier alpha value is -2.24. The van der Waals surface area contributed by atoms with Gasteiger partial charge in [0, 0.05) is 34.5 Å². The molecule has 3 nitrogen and oxygen atoms in total. The lowest BCUT2D eigenvalue weighted by atomic mass is 9.82. The van der Waals surface area contributed by atoms with E-state index >= 15 is 0 Å². The van der Waals surface area contributed by atoms with Crippen molar-refractivity contribution in [1.29, 1.82) is 0 Å². The van der Waals surface area contributed by atoms with Gasteiger partial charge in [-0.25, -0.2) is 4.39 Å². The molecule has 3 aromatic rings. The maximum absolute atomic E-state index is 13.2. The van der Waals surface area contributed by atoms with Crippen LogP contribution in [0.15, 0.2) is 58.7 Å². The number of nitrogens with one attached hydrogen (secondary N) is 1. The zero-order valence-electron chi connectivity index (χ0n) is 15.0. The van der Waals surface area contributed by atoms with Crippen molar-refractivity contribution in [1.82, 2.24) is 4.57 Å². The Kier molecular flexibility index (Phi) is 4.21. The molecule has 1 N–H and O–H groups in total. The molecule has 0 amide bonds. The molecule has 27 heavy (non-hydrogen) atoms. The van der Waals surface area contributed by atoms with Crippen LogP contribution in [-0.4, -0.2) is 17.7 Å². The number of hydrogen-bond acceptors (Lipinski definition) is 2. The lowest BCUT2D eigenvalue weighted by Gasteiger charge is -2.40. The standard InChI is InChI=1S/C22H21FN2OS/c23-18-5-3-15(4-6-18)11-24-12-16-10-17(14-24)20-8-7-19(21-2-1-9-27-21)22(26)25(20)13-16/h1-9,16-17H,10-14H2/p+1/t16-,17+/m0/s1. The molecule has 1 aromatic carbocycles. The monoisotopic (exact) mass is 381 g/mol. The Balaban J connectivity index is 1.42. The summed E-state index contributed by atoms with van der Waals surface area (Å²) in [6, 6.07) is 15.0. The number of rotatable bonds is 3. The van der Waals surface area contributed by atoms with Gasteiger partial charge in [0.25, 0.3) is 5.56 Å². The summed E-state index contributed by atoms with van der Waals surface area (Å²) in [5, 5.41) is 2.02. The number of pyridine rings is 1. The van der Waals surface area contributed by atoms with Crippen LogP contribution in [0, 0.1) is 11.7 Å². The number of thiophene rings is 1. The summed E-state index contributed by atoms with van der Waals surface area (Å²) in [6.07, 6.45) is 1.17. The molecule has 1 unspecified atom stereocenters. The number of aromatic nitrogens is 1. The summed E-state index contributed by atoms with van der Waals surface area (Å²) in [6.45, 7) is 3.84. The Labute approximate surface area is 161 Å². The second-order valence-electron chi connectivity index (χ2n) is 7.83. The first-order valence-corrected chi connectivity index (χ1v) is 10.4. The molecule has 0 radical (unpaired) electrons. The molecule has 3 atom stereocenters. The average Bonchev–Trinajstić information content (AvgIpc) is 3.19. The third-order valence-corrected chi connectivity index (χ3v) is 6.85. The second kappa shape index (κ2) is 6.73. The SMILES string of the molecule is O=c1c(-c2cccs2)ccc2n1C[C@H]1C[C@@H]2C[NH+](Cc2ccc(F)cc2)C1. The molecule has 138 valence electrons. The van der Waals surface area contributed by atoms with Crippen molar-refractivity contribution in [2.45, 2.75) is 25.4 Å². The minimum Gasteiger partial charge on any atom is -0.330 e. The van der Waals surface area contributed by atoms with Gasteiger partial charge < -0.3 is 9.47 Å². The van der Waals surface area contributed by atoms with Gasteiger partial charge in [0.05, 0.1) is 18.7 Å². The van der Waals surface area contributed by atoms with Gasteiger partial charge in [-0.3, -0.25) is 4.79 Å². The zero-order valence-corrected chi connectivity index (χ0v) is 15.8. The second-order valence-corrected chi connectivity index (χ2v) is 8.77. The van der Waals surface area contributed by atoms with E-state index < -0.39 is 0 Å². The highest BCUT2D eigenvalue weighted by molar-refractivity contribution is 7.13. The van der Waals surface area contributed by atoms with Crippen molar-refractivity contribution in [3.8, 4) is 10.4 Å². The summed E-state index contributed by atoms with van der Waals surface area (Å²) < 4.78 is 15.2. The third-order valence-electron chi connectivity index (χ3n) is 5.95. The fraction of sp³-hybridized carbons (Fsp3) is 0.318. The summed E-state index contributed by atoms with van der Waals surface area (Å²) in [7, 11) is 0. The van der Waals surface area contributed by atoms with Gasteiger partial charge in [-0.2, -0.15) is 0 Å². The number of fused-ring (bicyclic) bond motifs is 4. The normalized spacial score (nSPS) is 23.8. The highest BCUT2D eigenvalue weighted by atomic mass is 32.1. The number of likely N-dealkylation sites (tertiary alicyclic amines) is 1. The largest absolute Gasteiger partial charge is 0.330 e. The fourth-order valence-corrected chi connectivity index (χ4v) is 5.57. The van der Waals surface area contributed by atoms with Crippen molar-refractivity contribution in [3.63, 3.8) is 0 Å². The van der Waals surface area contributed by atoms with E-state index in [0.717, 1.165) is 36.6 Å². The van der Waals surface area contributed by atoms with Crippen LogP contribution < -0.4 is 10.5 Å². The molecule has 2 aliphatic heterocycles. The summed E-state index contributed by atoms with van der Waals surface area (Å²) in [5.41, 5.74) is 3.35. The zero-order chi connectivity index (χ0) is 18.4. The lowest BCUT2D eigenvalue weighted by Crippen LogP contribution is -3.13. The molecule has 4 heterocycles.